The Balaban J connectivity index is 1.40. The molecular formula is C45H41ClF10N8O8S2. The molecule has 2 aliphatic carbocycles. The van der Waals surface area contributed by atoms with Gasteiger partial charge in [-0.05, 0) is 80.8 Å². The second-order valence-electron chi connectivity index (χ2n) is 18.2. The molecular weight excluding hydrogens is 1070 g/mol. The summed E-state index contributed by atoms with van der Waals surface area (Å²) in [5, 5.41) is 18.0. The minimum absolute atomic E-state index is 0.130. The number of nitrogens with one attached hydrogen (secondary N) is 2. The number of amides is 3. The lowest BCUT2D eigenvalue weighted by atomic mass is 9.93. The Morgan fingerprint density at radius 2 is 1.61 bits per heavy atom. The number of sulfonamides is 1. The maximum absolute atomic E-state index is 15.6. The summed E-state index contributed by atoms with van der Waals surface area (Å²) in [6, 6.07) is 4.88. The van der Waals surface area contributed by atoms with Crippen molar-refractivity contribution in [2.45, 2.75) is 93.4 Å². The first kappa shape index (κ1) is 55.3. The maximum atomic E-state index is 15.6. The largest absolute Gasteiger partial charge is 0.465 e. The van der Waals surface area contributed by atoms with Crippen molar-refractivity contribution < 1.29 is 80.2 Å². The summed E-state index contributed by atoms with van der Waals surface area (Å²) in [6.07, 6.45) is -12.4. The van der Waals surface area contributed by atoms with Crippen LogP contribution in [0.3, 0.4) is 0 Å². The van der Waals surface area contributed by atoms with Crippen molar-refractivity contribution in [3.05, 3.63) is 98.7 Å². The van der Waals surface area contributed by atoms with Gasteiger partial charge in [-0.1, -0.05) is 23.6 Å². The van der Waals surface area contributed by atoms with E-state index in [1.54, 1.807) is 4.72 Å². The van der Waals surface area contributed by atoms with Crippen LogP contribution in [0.5, 0.6) is 0 Å². The zero-order valence-electron chi connectivity index (χ0n) is 38.9. The van der Waals surface area contributed by atoms with Crippen LogP contribution in [0.15, 0.2) is 42.5 Å². The van der Waals surface area contributed by atoms with Crippen LogP contribution >= 0.6 is 11.6 Å². The summed E-state index contributed by atoms with van der Waals surface area (Å²) in [4.78, 5) is 43.3. The molecule has 2 aliphatic rings. The molecule has 0 spiro atoms. The van der Waals surface area contributed by atoms with E-state index in [9.17, 15) is 66.3 Å². The van der Waals surface area contributed by atoms with E-state index < -0.39 is 161 Å². The predicted octanol–water partition coefficient (Wildman–Crippen LogP) is 7.63. The van der Waals surface area contributed by atoms with E-state index in [0.717, 1.165) is 41.5 Å². The van der Waals surface area contributed by atoms with Gasteiger partial charge in [-0.15, -0.1) is 0 Å². The van der Waals surface area contributed by atoms with Crippen molar-refractivity contribution in [3.8, 4) is 23.0 Å². The molecule has 1 fully saturated rings. The lowest BCUT2D eigenvalue weighted by Gasteiger charge is -2.23. The third-order valence-corrected chi connectivity index (χ3v) is 15.7. The average molecular weight is 1110 g/mol. The van der Waals surface area contributed by atoms with Crippen LogP contribution in [0.25, 0.3) is 22.0 Å². The molecule has 3 atom stereocenters. The number of hydrogen-bond acceptors (Lipinski definition) is 10. The fourth-order valence-corrected chi connectivity index (χ4v) is 10.0. The van der Waals surface area contributed by atoms with Gasteiger partial charge in [0.05, 0.1) is 28.0 Å². The highest BCUT2D eigenvalue weighted by Gasteiger charge is 2.68. The Morgan fingerprint density at radius 1 is 0.959 bits per heavy atom. The molecule has 2 aromatic carbocycles. The van der Waals surface area contributed by atoms with Crippen molar-refractivity contribution >= 4 is 60.3 Å². The maximum Gasteiger partial charge on any atom is 0.435 e. The van der Waals surface area contributed by atoms with Crippen molar-refractivity contribution in [3.63, 3.8) is 0 Å². The fraction of sp³-hybridized carbons (Fsp3) is 0.422. The highest BCUT2D eigenvalue weighted by atomic mass is 35.5. The van der Waals surface area contributed by atoms with Crippen LogP contribution in [0.4, 0.5) is 48.7 Å². The van der Waals surface area contributed by atoms with Gasteiger partial charge in [0.2, 0.25) is 21.8 Å². The number of alkyl halides is 8. The molecule has 3 heterocycles. The second kappa shape index (κ2) is 19.7. The van der Waals surface area contributed by atoms with Gasteiger partial charge < -0.3 is 15.3 Å². The van der Waals surface area contributed by atoms with Gasteiger partial charge >= 0.3 is 18.4 Å². The first-order valence-corrected chi connectivity index (χ1v) is 25.8. The lowest BCUT2D eigenvalue weighted by Crippen LogP contribution is -2.35. The number of sulfone groups is 1. The summed E-state index contributed by atoms with van der Waals surface area (Å²) in [5.41, 5.74) is -6.32. The van der Waals surface area contributed by atoms with Crippen molar-refractivity contribution in [2.75, 3.05) is 19.8 Å². The van der Waals surface area contributed by atoms with Gasteiger partial charge in [0.1, 0.15) is 46.6 Å². The molecule has 398 valence electrons. The Morgan fingerprint density at radius 3 is 2.22 bits per heavy atom. The zero-order valence-corrected chi connectivity index (χ0v) is 41.3. The monoisotopic (exact) mass is 1110 g/mol. The van der Waals surface area contributed by atoms with Crippen LogP contribution in [0, 0.1) is 29.4 Å². The first-order chi connectivity index (χ1) is 34.1. The quantitative estimate of drug-likeness (QED) is 0.0645. The van der Waals surface area contributed by atoms with Gasteiger partial charge in [0.15, 0.2) is 15.5 Å². The van der Waals surface area contributed by atoms with Gasteiger partial charge in [-0.2, -0.15) is 45.3 Å². The zero-order chi connectivity index (χ0) is 54.8. The van der Waals surface area contributed by atoms with Gasteiger partial charge in [-0.25, -0.2) is 35.4 Å². The Bertz CT molecular complexity index is 3390. The molecule has 0 aliphatic heterocycles. The van der Waals surface area contributed by atoms with Gasteiger partial charge in [0.25, 0.3) is 5.92 Å². The van der Waals surface area contributed by atoms with E-state index in [2.05, 4.69) is 32.3 Å². The molecule has 3 amide bonds. The molecule has 0 saturated heterocycles. The molecule has 0 radical (unpaired) electrons. The van der Waals surface area contributed by atoms with Crippen LogP contribution in [-0.2, 0) is 66.8 Å². The molecule has 74 heavy (non-hydrogen) atoms. The first-order valence-electron chi connectivity index (χ1n) is 21.8. The highest BCUT2D eigenvalue weighted by Crippen LogP contribution is 2.68. The molecule has 7 rings (SSSR count). The molecule has 5 aromatic rings. The number of benzene rings is 2. The smallest absolute Gasteiger partial charge is 0.435 e. The summed E-state index contributed by atoms with van der Waals surface area (Å²) >= 11 is 6.59. The summed E-state index contributed by atoms with van der Waals surface area (Å²) in [6.45, 7) is -0.917. The number of carbonyl (C=O) groups excluding carboxylic acids is 2. The third-order valence-electron chi connectivity index (χ3n) is 12.2. The standard InChI is InChI=1S/C45H41ClF10N8O8S2/c1-42(2,73(4,69)70)12-11-25-7-8-26(27-9-10-30(46)36-32(59-64(38(27)36)21-43(49,50)51)20-74(71,72)61-33(65)6-5-13-62(3)41(67)68)37(57-25)31(16-22-14-23(47)17-24(48)15-22)58-34(66)19-63-40-35(39(60-63)45(54,55)56)28-18-29(28)44(40,52)53/h7-10,14-15,17,28-29,31H,5-6,13,16,18-21H2,1-4H3,(H,58,66)(H,61,65)(H,67,68)/t28-,29+,31-/m0/s1. The Hall–Kier alpha value is -6.47. The number of rotatable bonds is 16. The molecule has 0 bridgehead atoms. The topological polar surface area (TPSA) is 216 Å². The fourth-order valence-electron chi connectivity index (χ4n) is 8.46. The number of hydrogen-bond donors (Lipinski definition) is 3. The number of nitrogens with zero attached hydrogens (tertiary/aromatic N) is 6. The van der Waals surface area contributed by atoms with E-state index in [1.165, 1.54) is 27.0 Å². The predicted molar refractivity (Wildman–Crippen MR) is 243 cm³/mol. The molecule has 1 saturated carbocycles. The Kier molecular flexibility index (Phi) is 14.7. The van der Waals surface area contributed by atoms with Crippen molar-refractivity contribution in [1.82, 2.24) is 39.5 Å². The van der Waals surface area contributed by atoms with Gasteiger partial charge in [0, 0.05) is 60.3 Å². The number of aromatic nitrogens is 5. The number of fused-ring (bicyclic) bond motifs is 4. The van der Waals surface area contributed by atoms with Gasteiger partial charge in [-0.3, -0.25) is 23.7 Å². The molecule has 3 N–H and O–H groups in total. The second-order valence-corrected chi connectivity index (χ2v) is 22.9. The van der Waals surface area contributed by atoms with Crippen LogP contribution in [-0.4, -0.2) is 100 Å². The molecule has 3 aromatic heterocycles. The van der Waals surface area contributed by atoms with Crippen molar-refractivity contribution in [1.29, 1.82) is 0 Å². The molecule has 16 nitrogen and oxygen atoms in total. The summed E-state index contributed by atoms with van der Waals surface area (Å²) < 4.78 is 199. The number of pyridine rings is 1. The SMILES string of the molecule is CN(CCCC(=O)NS(=O)(=O)Cc1nn(CC(F)(F)F)c2c(-c3ccc(C#CC(C)(C)S(C)(=O)=O)nc3[C@H](Cc3cc(F)cc(F)c3)NC(=O)Cn3nc(C(F)(F)F)c4c3C(F)(F)[C@@H]3C[C@H]43)ccc(Cl)c12)C(=O)O. The van der Waals surface area contributed by atoms with E-state index in [0.29, 0.717) is 10.7 Å². The number of halogens is 11. The normalized spacial score (nSPS) is 16.7. The van der Waals surface area contributed by atoms with Crippen molar-refractivity contribution in [2.24, 2.45) is 5.92 Å². The van der Waals surface area contributed by atoms with E-state index in [4.69, 9.17) is 16.7 Å². The summed E-state index contributed by atoms with van der Waals surface area (Å²) in [7, 11) is -7.52. The lowest BCUT2D eigenvalue weighted by molar-refractivity contribution is -0.143. The number of carbonyl (C=O) groups is 3. The third kappa shape index (κ3) is 11.9. The summed E-state index contributed by atoms with van der Waals surface area (Å²) in [5.74, 6) is -7.44. The minimum Gasteiger partial charge on any atom is -0.465 e. The molecule has 29 heteroatoms. The van der Waals surface area contributed by atoms with E-state index in [1.807, 2.05) is 0 Å². The van der Waals surface area contributed by atoms with Crippen LogP contribution < -0.4 is 10.0 Å². The van der Waals surface area contributed by atoms with Crippen LogP contribution in [0.2, 0.25) is 5.02 Å². The average Bonchev–Trinajstić information content (AvgIpc) is 3.78. The van der Waals surface area contributed by atoms with E-state index in [-0.39, 0.29) is 51.5 Å². The van der Waals surface area contributed by atoms with E-state index >= 15 is 8.78 Å². The van der Waals surface area contributed by atoms with Crippen LogP contribution in [0.1, 0.15) is 84.7 Å². The highest BCUT2D eigenvalue weighted by molar-refractivity contribution is 7.92. The Labute approximate surface area is 419 Å². The number of carboxylic acid groups (broad SMARTS) is 1. The molecule has 0 unspecified atom stereocenters. The minimum atomic E-state index is -5.22.